The number of methoxy groups -OCH3 is 1. The van der Waals surface area contributed by atoms with E-state index in [2.05, 4.69) is 37.3 Å². The Hall–Kier alpha value is -1.35. The third-order valence-electron chi connectivity index (χ3n) is 5.40. The minimum atomic E-state index is -0.675. The molecule has 0 radical (unpaired) electrons. The van der Waals surface area contributed by atoms with Gasteiger partial charge in [0.15, 0.2) is 0 Å². The molecule has 3 heteroatoms. The van der Waals surface area contributed by atoms with Crippen molar-refractivity contribution in [3.8, 4) is 0 Å². The predicted octanol–water partition coefficient (Wildman–Crippen LogP) is 4.94. The van der Waals surface area contributed by atoms with Crippen molar-refractivity contribution in [1.29, 1.82) is 0 Å². The summed E-state index contributed by atoms with van der Waals surface area (Å²) in [6, 6.07) is 10.7. The highest BCUT2D eigenvalue weighted by atomic mass is 16.5. The first kappa shape index (κ1) is 19.0. The molecule has 0 bridgehead atoms. The summed E-state index contributed by atoms with van der Waals surface area (Å²) in [7, 11) is 1.76. The maximum Gasteiger partial charge on any atom is 0.303 e. The van der Waals surface area contributed by atoms with Crippen molar-refractivity contribution in [2.75, 3.05) is 7.11 Å². The second-order valence-corrected chi connectivity index (χ2v) is 7.61. The standard InChI is InChI=1S/C21H32O3/c1-16(7-6-10-17-8-4-3-5-9-17)11-18-12-19(15-21(22)23)14-20(13-18)24-2/h3-5,8-9,16,18-20H,6-7,10-15H2,1-2H3,(H,22,23)/t16-,18?,19?,20?/m0/s1. The van der Waals surface area contributed by atoms with Crippen LogP contribution in [0, 0.1) is 17.8 Å². The second kappa shape index (κ2) is 9.83. The van der Waals surface area contributed by atoms with E-state index in [1.54, 1.807) is 7.11 Å². The molecule has 3 unspecified atom stereocenters. The van der Waals surface area contributed by atoms with E-state index < -0.39 is 5.97 Å². The Labute approximate surface area is 146 Å². The Balaban J connectivity index is 1.74. The van der Waals surface area contributed by atoms with Crippen molar-refractivity contribution in [1.82, 2.24) is 0 Å². The molecule has 1 fully saturated rings. The van der Waals surface area contributed by atoms with Crippen LogP contribution in [-0.4, -0.2) is 24.3 Å². The molecule has 1 N–H and O–H groups in total. The summed E-state index contributed by atoms with van der Waals surface area (Å²) in [5.41, 5.74) is 1.42. The molecule has 0 spiro atoms. The molecule has 2 rings (SSSR count). The summed E-state index contributed by atoms with van der Waals surface area (Å²) in [5.74, 6) is 0.911. The van der Waals surface area contributed by atoms with Gasteiger partial charge in [-0.15, -0.1) is 0 Å². The fraction of sp³-hybridized carbons (Fsp3) is 0.667. The van der Waals surface area contributed by atoms with E-state index in [0.29, 0.717) is 18.3 Å². The largest absolute Gasteiger partial charge is 0.481 e. The van der Waals surface area contributed by atoms with Gasteiger partial charge in [0.2, 0.25) is 0 Å². The molecule has 4 atom stereocenters. The molecule has 0 aliphatic heterocycles. The maximum atomic E-state index is 11.0. The van der Waals surface area contributed by atoms with Crippen LogP contribution in [0.5, 0.6) is 0 Å². The zero-order valence-electron chi connectivity index (χ0n) is 15.1. The van der Waals surface area contributed by atoms with Crippen LogP contribution in [0.15, 0.2) is 30.3 Å². The zero-order valence-corrected chi connectivity index (χ0v) is 15.1. The molecule has 1 aromatic rings. The first-order chi connectivity index (χ1) is 11.6. The van der Waals surface area contributed by atoms with Gasteiger partial charge < -0.3 is 9.84 Å². The Morgan fingerprint density at radius 3 is 2.58 bits per heavy atom. The summed E-state index contributed by atoms with van der Waals surface area (Å²) >= 11 is 0. The lowest BCUT2D eigenvalue weighted by molar-refractivity contribution is -0.139. The predicted molar refractivity (Wildman–Crippen MR) is 97.0 cm³/mol. The summed E-state index contributed by atoms with van der Waals surface area (Å²) in [6.07, 6.45) is 8.40. The number of aryl methyl sites for hydroxylation is 1. The van der Waals surface area contributed by atoms with Crippen LogP contribution in [0.3, 0.4) is 0 Å². The molecule has 0 amide bonds. The summed E-state index contributed by atoms with van der Waals surface area (Å²) in [4.78, 5) is 11.0. The number of carbonyl (C=O) groups is 1. The van der Waals surface area contributed by atoms with Crippen LogP contribution in [0.4, 0.5) is 0 Å². The van der Waals surface area contributed by atoms with Crippen LogP contribution >= 0.6 is 0 Å². The van der Waals surface area contributed by atoms with Crippen molar-refractivity contribution >= 4 is 5.97 Å². The van der Waals surface area contributed by atoms with E-state index in [9.17, 15) is 4.79 Å². The van der Waals surface area contributed by atoms with Gasteiger partial charge in [-0.2, -0.15) is 0 Å². The average Bonchev–Trinajstić information content (AvgIpc) is 2.55. The topological polar surface area (TPSA) is 46.5 Å². The van der Waals surface area contributed by atoms with Crippen molar-refractivity contribution in [3.05, 3.63) is 35.9 Å². The van der Waals surface area contributed by atoms with E-state index in [1.165, 1.54) is 24.8 Å². The first-order valence-corrected chi connectivity index (χ1v) is 9.35. The second-order valence-electron chi connectivity index (χ2n) is 7.61. The lowest BCUT2D eigenvalue weighted by Crippen LogP contribution is -2.30. The summed E-state index contributed by atoms with van der Waals surface area (Å²) < 4.78 is 5.56. The number of benzene rings is 1. The van der Waals surface area contributed by atoms with Gasteiger partial charge in [0, 0.05) is 13.5 Å². The molecular formula is C21H32O3. The minimum absolute atomic E-state index is 0.240. The van der Waals surface area contributed by atoms with Crippen molar-refractivity contribution in [3.63, 3.8) is 0 Å². The van der Waals surface area contributed by atoms with Crippen molar-refractivity contribution in [2.24, 2.45) is 17.8 Å². The van der Waals surface area contributed by atoms with Crippen LogP contribution in [0.1, 0.15) is 57.4 Å². The molecule has 1 aliphatic carbocycles. The number of aliphatic carboxylic acids is 1. The van der Waals surface area contributed by atoms with Crippen LogP contribution in [-0.2, 0) is 16.0 Å². The van der Waals surface area contributed by atoms with Gasteiger partial charge in [-0.25, -0.2) is 0 Å². The third-order valence-corrected chi connectivity index (χ3v) is 5.40. The molecule has 1 saturated carbocycles. The smallest absolute Gasteiger partial charge is 0.303 e. The van der Waals surface area contributed by atoms with Gasteiger partial charge in [-0.3, -0.25) is 4.79 Å². The van der Waals surface area contributed by atoms with Gasteiger partial charge >= 0.3 is 5.97 Å². The molecule has 3 nitrogen and oxygen atoms in total. The van der Waals surface area contributed by atoms with E-state index in [-0.39, 0.29) is 12.0 Å². The summed E-state index contributed by atoms with van der Waals surface area (Å²) in [6.45, 7) is 2.34. The lowest BCUT2D eigenvalue weighted by Gasteiger charge is -2.35. The Kier molecular flexibility index (Phi) is 7.77. The van der Waals surface area contributed by atoms with Crippen molar-refractivity contribution < 1.29 is 14.6 Å². The summed E-state index contributed by atoms with van der Waals surface area (Å²) in [5, 5.41) is 9.08. The SMILES string of the molecule is COC1CC(CC(=O)O)CC(C[C@@H](C)CCCc2ccccc2)C1. The van der Waals surface area contributed by atoms with E-state index in [4.69, 9.17) is 9.84 Å². The first-order valence-electron chi connectivity index (χ1n) is 9.35. The Morgan fingerprint density at radius 1 is 1.21 bits per heavy atom. The number of hydrogen-bond acceptors (Lipinski definition) is 2. The molecular weight excluding hydrogens is 300 g/mol. The third kappa shape index (κ3) is 6.64. The maximum absolute atomic E-state index is 11.0. The fourth-order valence-corrected chi connectivity index (χ4v) is 4.29. The van der Waals surface area contributed by atoms with Gasteiger partial charge in [0.05, 0.1) is 6.10 Å². The number of carboxylic acids is 1. The van der Waals surface area contributed by atoms with Gasteiger partial charge in [0.25, 0.3) is 0 Å². The molecule has 0 heterocycles. The van der Waals surface area contributed by atoms with Crippen LogP contribution in [0.25, 0.3) is 0 Å². The van der Waals surface area contributed by atoms with Crippen LogP contribution < -0.4 is 0 Å². The van der Waals surface area contributed by atoms with Gasteiger partial charge in [0.1, 0.15) is 0 Å². The number of ether oxygens (including phenoxy) is 1. The Morgan fingerprint density at radius 2 is 1.92 bits per heavy atom. The molecule has 0 saturated heterocycles. The van der Waals surface area contributed by atoms with Crippen LogP contribution in [0.2, 0.25) is 0 Å². The molecule has 0 aromatic heterocycles. The van der Waals surface area contributed by atoms with E-state index in [1.807, 2.05) is 0 Å². The number of hydrogen-bond donors (Lipinski definition) is 1. The Bertz CT molecular complexity index is 485. The normalized spacial score (nSPS) is 25.3. The average molecular weight is 332 g/mol. The monoisotopic (exact) mass is 332 g/mol. The van der Waals surface area contributed by atoms with E-state index in [0.717, 1.165) is 25.7 Å². The molecule has 1 aliphatic rings. The highest BCUT2D eigenvalue weighted by molar-refractivity contribution is 5.67. The highest BCUT2D eigenvalue weighted by Crippen LogP contribution is 2.36. The molecule has 1 aromatic carbocycles. The number of carboxylic acid groups (broad SMARTS) is 1. The molecule has 134 valence electrons. The van der Waals surface area contributed by atoms with Crippen molar-refractivity contribution in [2.45, 2.75) is 64.4 Å². The zero-order chi connectivity index (χ0) is 17.4. The fourth-order valence-electron chi connectivity index (χ4n) is 4.29. The van der Waals surface area contributed by atoms with E-state index >= 15 is 0 Å². The quantitative estimate of drug-likeness (QED) is 0.696. The highest BCUT2D eigenvalue weighted by Gasteiger charge is 2.30. The molecule has 24 heavy (non-hydrogen) atoms. The van der Waals surface area contributed by atoms with Gasteiger partial charge in [-0.1, -0.05) is 43.7 Å². The van der Waals surface area contributed by atoms with Gasteiger partial charge in [-0.05, 0) is 61.8 Å². The number of rotatable bonds is 9. The lowest BCUT2D eigenvalue weighted by atomic mass is 9.74. The minimum Gasteiger partial charge on any atom is -0.481 e.